The third kappa shape index (κ3) is 5.18. The zero-order valence-electron chi connectivity index (χ0n) is 14.8. The summed E-state index contributed by atoms with van der Waals surface area (Å²) in [6, 6.07) is 19.5. The van der Waals surface area contributed by atoms with E-state index in [1.54, 1.807) is 12.4 Å². The van der Waals surface area contributed by atoms with E-state index in [1.165, 1.54) is 5.56 Å². The van der Waals surface area contributed by atoms with Gasteiger partial charge in [-0.05, 0) is 43.2 Å². The maximum Gasteiger partial charge on any atom is 0.220 e. The van der Waals surface area contributed by atoms with Crippen LogP contribution in [0, 0.1) is 6.92 Å². The van der Waals surface area contributed by atoms with Crippen LogP contribution in [0.4, 0.5) is 0 Å². The first-order valence-corrected chi connectivity index (χ1v) is 8.69. The first-order valence-electron chi connectivity index (χ1n) is 8.69. The summed E-state index contributed by atoms with van der Waals surface area (Å²) in [6.45, 7) is 2.48. The van der Waals surface area contributed by atoms with Crippen molar-refractivity contribution in [3.63, 3.8) is 0 Å². The second-order valence-corrected chi connectivity index (χ2v) is 6.16. The molecule has 1 aromatic heterocycles. The number of nitrogens with one attached hydrogen (secondary N) is 1. The van der Waals surface area contributed by atoms with Gasteiger partial charge in [-0.3, -0.25) is 9.78 Å². The van der Waals surface area contributed by atoms with Crippen LogP contribution in [-0.4, -0.2) is 10.9 Å². The fourth-order valence-electron chi connectivity index (χ4n) is 2.57. The molecule has 0 saturated carbocycles. The van der Waals surface area contributed by atoms with Gasteiger partial charge >= 0.3 is 0 Å². The number of benzene rings is 2. The molecule has 2 aromatic carbocycles. The third-order valence-electron chi connectivity index (χ3n) is 4.06. The van der Waals surface area contributed by atoms with Gasteiger partial charge in [0, 0.05) is 30.9 Å². The van der Waals surface area contributed by atoms with Crippen molar-refractivity contribution in [1.29, 1.82) is 0 Å². The Kier molecular flexibility index (Phi) is 5.99. The molecule has 132 valence electrons. The molecule has 0 radical (unpaired) electrons. The van der Waals surface area contributed by atoms with Gasteiger partial charge < -0.3 is 10.1 Å². The van der Waals surface area contributed by atoms with Gasteiger partial charge in [0.15, 0.2) is 0 Å². The Bertz CT molecular complexity index is 846. The molecule has 0 aliphatic rings. The molecule has 1 amide bonds. The average Bonchev–Trinajstić information content (AvgIpc) is 2.68. The Morgan fingerprint density at radius 1 is 1.04 bits per heavy atom. The lowest BCUT2D eigenvalue weighted by Gasteiger charge is -2.12. The summed E-state index contributed by atoms with van der Waals surface area (Å²) >= 11 is 0. The van der Waals surface area contributed by atoms with Crippen LogP contribution in [0.3, 0.4) is 0 Å². The van der Waals surface area contributed by atoms with Gasteiger partial charge in [-0.25, -0.2) is 0 Å². The topological polar surface area (TPSA) is 51.2 Å². The maximum atomic E-state index is 12.1. The van der Waals surface area contributed by atoms with Gasteiger partial charge in [0.2, 0.25) is 5.91 Å². The largest absolute Gasteiger partial charge is 0.457 e. The van der Waals surface area contributed by atoms with Crippen LogP contribution in [0.25, 0.3) is 0 Å². The SMILES string of the molecule is Cc1ccc(Oc2ccccc2CNC(=O)CCc2cccnc2)cc1. The first kappa shape index (κ1) is 17.7. The van der Waals surface area contributed by atoms with Crippen molar-refractivity contribution < 1.29 is 9.53 Å². The second kappa shape index (κ2) is 8.81. The molecule has 1 heterocycles. The van der Waals surface area contributed by atoms with Crippen LogP contribution < -0.4 is 10.1 Å². The number of hydrogen-bond acceptors (Lipinski definition) is 3. The molecule has 26 heavy (non-hydrogen) atoms. The van der Waals surface area contributed by atoms with Crippen molar-refractivity contribution in [3.05, 3.63) is 89.7 Å². The summed E-state index contributed by atoms with van der Waals surface area (Å²) in [4.78, 5) is 16.2. The number of amides is 1. The number of pyridine rings is 1. The quantitative estimate of drug-likeness (QED) is 0.688. The predicted octanol–water partition coefficient (Wildman–Crippen LogP) is 4.43. The number of aryl methyl sites for hydroxylation is 2. The monoisotopic (exact) mass is 346 g/mol. The Balaban J connectivity index is 1.56. The van der Waals surface area contributed by atoms with E-state index in [0.29, 0.717) is 19.4 Å². The van der Waals surface area contributed by atoms with Gasteiger partial charge in [-0.1, -0.05) is 42.0 Å². The highest BCUT2D eigenvalue weighted by Gasteiger charge is 2.07. The molecule has 0 saturated heterocycles. The standard InChI is InChI=1S/C22H22N2O2/c1-17-8-11-20(12-9-17)26-21-7-3-2-6-19(21)16-24-22(25)13-10-18-5-4-14-23-15-18/h2-9,11-12,14-15H,10,13,16H2,1H3,(H,24,25). The van der Waals surface area contributed by atoms with E-state index in [-0.39, 0.29) is 5.91 Å². The number of carbonyl (C=O) groups excluding carboxylic acids is 1. The normalized spacial score (nSPS) is 10.3. The maximum absolute atomic E-state index is 12.1. The molecule has 0 atom stereocenters. The minimum Gasteiger partial charge on any atom is -0.457 e. The summed E-state index contributed by atoms with van der Waals surface area (Å²) in [5, 5.41) is 2.97. The molecular formula is C22H22N2O2. The summed E-state index contributed by atoms with van der Waals surface area (Å²) in [6.07, 6.45) is 4.64. The molecule has 0 fully saturated rings. The van der Waals surface area contributed by atoms with E-state index in [2.05, 4.69) is 10.3 Å². The molecule has 4 heteroatoms. The number of rotatable bonds is 7. The average molecular weight is 346 g/mol. The van der Waals surface area contributed by atoms with Gasteiger partial charge in [0.05, 0.1) is 0 Å². The van der Waals surface area contributed by atoms with Crippen molar-refractivity contribution in [1.82, 2.24) is 10.3 Å². The van der Waals surface area contributed by atoms with Gasteiger partial charge in [-0.2, -0.15) is 0 Å². The number of hydrogen-bond donors (Lipinski definition) is 1. The highest BCUT2D eigenvalue weighted by Crippen LogP contribution is 2.25. The molecule has 0 aliphatic heterocycles. The van der Waals surface area contributed by atoms with E-state index >= 15 is 0 Å². The Morgan fingerprint density at radius 2 is 1.85 bits per heavy atom. The van der Waals surface area contributed by atoms with Crippen molar-refractivity contribution in [2.45, 2.75) is 26.3 Å². The Morgan fingerprint density at radius 3 is 2.62 bits per heavy atom. The van der Waals surface area contributed by atoms with Crippen molar-refractivity contribution in [3.8, 4) is 11.5 Å². The van der Waals surface area contributed by atoms with Crippen LogP contribution >= 0.6 is 0 Å². The number of nitrogens with zero attached hydrogens (tertiary/aromatic N) is 1. The van der Waals surface area contributed by atoms with E-state index in [0.717, 1.165) is 22.6 Å². The van der Waals surface area contributed by atoms with Gasteiger partial charge in [0.1, 0.15) is 11.5 Å². The second-order valence-electron chi connectivity index (χ2n) is 6.16. The van der Waals surface area contributed by atoms with Crippen molar-refractivity contribution in [2.24, 2.45) is 0 Å². The van der Waals surface area contributed by atoms with Gasteiger partial charge in [0.25, 0.3) is 0 Å². The molecule has 3 rings (SSSR count). The highest BCUT2D eigenvalue weighted by atomic mass is 16.5. The smallest absolute Gasteiger partial charge is 0.220 e. The lowest BCUT2D eigenvalue weighted by Crippen LogP contribution is -2.23. The van der Waals surface area contributed by atoms with Crippen LogP contribution in [-0.2, 0) is 17.8 Å². The molecule has 0 aliphatic carbocycles. The minimum atomic E-state index is 0.0130. The van der Waals surface area contributed by atoms with E-state index < -0.39 is 0 Å². The summed E-state index contributed by atoms with van der Waals surface area (Å²) in [5.41, 5.74) is 3.19. The van der Waals surface area contributed by atoms with Crippen LogP contribution in [0.15, 0.2) is 73.1 Å². The number of aromatic nitrogens is 1. The predicted molar refractivity (Wildman–Crippen MR) is 102 cm³/mol. The fourth-order valence-corrected chi connectivity index (χ4v) is 2.57. The minimum absolute atomic E-state index is 0.0130. The van der Waals surface area contributed by atoms with E-state index in [4.69, 9.17) is 4.74 Å². The first-order chi connectivity index (χ1) is 12.7. The highest BCUT2D eigenvalue weighted by molar-refractivity contribution is 5.76. The molecule has 4 nitrogen and oxygen atoms in total. The summed E-state index contributed by atoms with van der Waals surface area (Å²) < 4.78 is 5.97. The zero-order valence-corrected chi connectivity index (χ0v) is 14.8. The number of carbonyl (C=O) groups is 1. The van der Waals surface area contributed by atoms with Crippen LogP contribution in [0.2, 0.25) is 0 Å². The molecule has 0 unspecified atom stereocenters. The molecule has 0 bridgehead atoms. The van der Waals surface area contributed by atoms with Crippen molar-refractivity contribution >= 4 is 5.91 Å². The number of para-hydroxylation sites is 1. The van der Waals surface area contributed by atoms with E-state index in [1.807, 2.05) is 67.6 Å². The molecule has 1 N–H and O–H groups in total. The Hall–Kier alpha value is -3.14. The number of ether oxygens (including phenoxy) is 1. The van der Waals surface area contributed by atoms with Crippen LogP contribution in [0.5, 0.6) is 11.5 Å². The summed E-state index contributed by atoms with van der Waals surface area (Å²) in [7, 11) is 0. The van der Waals surface area contributed by atoms with Crippen molar-refractivity contribution in [2.75, 3.05) is 0 Å². The van der Waals surface area contributed by atoms with Crippen LogP contribution in [0.1, 0.15) is 23.1 Å². The fraction of sp³-hybridized carbons (Fsp3) is 0.182. The molecule has 0 spiro atoms. The van der Waals surface area contributed by atoms with E-state index in [9.17, 15) is 4.79 Å². The summed E-state index contributed by atoms with van der Waals surface area (Å²) in [5.74, 6) is 1.55. The van der Waals surface area contributed by atoms with Gasteiger partial charge in [-0.15, -0.1) is 0 Å². The lowest BCUT2D eigenvalue weighted by atomic mass is 10.1. The molecule has 3 aromatic rings. The third-order valence-corrected chi connectivity index (χ3v) is 4.06. The molecular weight excluding hydrogens is 324 g/mol. The Labute approximate surface area is 153 Å². The lowest BCUT2D eigenvalue weighted by molar-refractivity contribution is -0.121. The zero-order chi connectivity index (χ0) is 18.2.